The second kappa shape index (κ2) is 7.58. The van der Waals surface area contributed by atoms with E-state index >= 15 is 0 Å². The molecule has 1 unspecified atom stereocenters. The molecule has 1 amide bonds. The molecule has 2 heterocycles. The quantitative estimate of drug-likeness (QED) is 0.725. The first-order valence-corrected chi connectivity index (χ1v) is 9.03. The minimum atomic E-state index is -0.0309. The van der Waals surface area contributed by atoms with Crippen LogP contribution in [0.15, 0.2) is 67.0 Å². The van der Waals surface area contributed by atoms with E-state index in [9.17, 15) is 4.79 Å². The minimum Gasteiger partial charge on any atom is -0.454 e. The van der Waals surface area contributed by atoms with Gasteiger partial charge in [0.2, 0.25) is 12.7 Å². The van der Waals surface area contributed by atoms with E-state index in [1.165, 1.54) is 5.56 Å². The zero-order chi connectivity index (χ0) is 18.6. The van der Waals surface area contributed by atoms with Gasteiger partial charge in [0.05, 0.1) is 12.5 Å². The maximum absolute atomic E-state index is 12.6. The van der Waals surface area contributed by atoms with Gasteiger partial charge in [-0.15, -0.1) is 0 Å². The average Bonchev–Trinajstić information content (AvgIpc) is 3.35. The van der Waals surface area contributed by atoms with E-state index in [0.717, 1.165) is 22.6 Å². The first-order chi connectivity index (χ1) is 13.2. The van der Waals surface area contributed by atoms with E-state index in [1.54, 1.807) is 0 Å². The molecule has 5 nitrogen and oxygen atoms in total. The zero-order valence-electron chi connectivity index (χ0n) is 15.2. The summed E-state index contributed by atoms with van der Waals surface area (Å²) in [7, 11) is 0. The van der Waals surface area contributed by atoms with Crippen LogP contribution in [0.25, 0.3) is 0 Å². The highest BCUT2D eigenvalue weighted by Crippen LogP contribution is 2.32. The molecule has 0 saturated heterocycles. The lowest BCUT2D eigenvalue weighted by molar-refractivity contribution is -0.121. The van der Waals surface area contributed by atoms with Crippen molar-refractivity contribution >= 4 is 5.91 Å². The summed E-state index contributed by atoms with van der Waals surface area (Å²) in [5.41, 5.74) is 3.30. The summed E-state index contributed by atoms with van der Waals surface area (Å²) < 4.78 is 12.8. The lowest BCUT2D eigenvalue weighted by Gasteiger charge is -2.20. The van der Waals surface area contributed by atoms with Crippen molar-refractivity contribution in [2.75, 3.05) is 6.79 Å². The maximum atomic E-state index is 12.6. The number of hydrogen-bond donors (Lipinski definition) is 1. The minimum absolute atomic E-state index is 0.00729. The molecule has 5 heteroatoms. The Bertz CT molecular complexity index is 934. The van der Waals surface area contributed by atoms with Crippen LogP contribution in [-0.4, -0.2) is 17.3 Å². The highest BCUT2D eigenvalue weighted by atomic mass is 16.7. The molecule has 1 atom stereocenters. The molecule has 1 N–H and O–H groups in total. The van der Waals surface area contributed by atoms with E-state index in [2.05, 4.69) is 35.0 Å². The lowest BCUT2D eigenvalue weighted by Crippen LogP contribution is -2.26. The van der Waals surface area contributed by atoms with Crippen LogP contribution in [0.1, 0.15) is 29.2 Å². The van der Waals surface area contributed by atoms with Crippen molar-refractivity contribution in [1.29, 1.82) is 0 Å². The molecule has 138 valence electrons. The Kier molecular flexibility index (Phi) is 4.83. The smallest absolute Gasteiger partial charge is 0.231 e. The number of carbonyl (C=O) groups is 1. The van der Waals surface area contributed by atoms with Gasteiger partial charge < -0.3 is 19.4 Å². The van der Waals surface area contributed by atoms with Crippen LogP contribution in [0.2, 0.25) is 0 Å². The Morgan fingerprint density at radius 2 is 1.89 bits per heavy atom. The zero-order valence-corrected chi connectivity index (χ0v) is 15.2. The number of carbonyl (C=O) groups excluding carboxylic acids is 1. The summed E-state index contributed by atoms with van der Waals surface area (Å²) in [6, 6.07) is 18.0. The topological polar surface area (TPSA) is 52.5 Å². The summed E-state index contributed by atoms with van der Waals surface area (Å²) in [6.07, 6.45) is 4.37. The molecular formula is C22H22N2O3. The Morgan fingerprint density at radius 1 is 1.07 bits per heavy atom. The van der Waals surface area contributed by atoms with Gasteiger partial charge in [-0.05, 0) is 42.3 Å². The maximum Gasteiger partial charge on any atom is 0.231 e. The summed E-state index contributed by atoms with van der Waals surface area (Å²) in [5, 5.41) is 3.02. The highest BCUT2D eigenvalue weighted by Gasteiger charge is 2.18. The fraction of sp³-hybridized carbons (Fsp3) is 0.227. The number of hydrogen-bond acceptors (Lipinski definition) is 3. The van der Waals surface area contributed by atoms with E-state index < -0.39 is 0 Å². The van der Waals surface area contributed by atoms with Crippen LogP contribution in [0.3, 0.4) is 0 Å². The second-order valence-electron chi connectivity index (χ2n) is 6.73. The predicted molar refractivity (Wildman–Crippen MR) is 103 cm³/mol. The van der Waals surface area contributed by atoms with Crippen molar-refractivity contribution in [1.82, 2.24) is 9.88 Å². The van der Waals surface area contributed by atoms with Gasteiger partial charge in [-0.3, -0.25) is 4.79 Å². The summed E-state index contributed by atoms with van der Waals surface area (Å²) in [5.74, 6) is 1.48. The number of nitrogens with zero attached hydrogens (tertiary/aromatic N) is 1. The fourth-order valence-electron chi connectivity index (χ4n) is 3.33. The number of rotatable bonds is 6. The lowest BCUT2D eigenvalue weighted by atomic mass is 10.0. The van der Waals surface area contributed by atoms with Crippen molar-refractivity contribution < 1.29 is 14.3 Å². The molecule has 0 bridgehead atoms. The number of nitrogens with one attached hydrogen (secondary N) is 1. The molecule has 1 aromatic heterocycles. The molecule has 3 aromatic rings. The van der Waals surface area contributed by atoms with Crippen LogP contribution in [0.4, 0.5) is 0 Å². The molecule has 1 aliphatic rings. The molecule has 27 heavy (non-hydrogen) atoms. The normalized spacial score (nSPS) is 13.4. The number of aryl methyl sites for hydroxylation is 1. The first kappa shape index (κ1) is 17.2. The SMILES string of the molecule is Cc1cccc(C(CC(=O)NCc2ccc3c(c2)OCO3)n2cccc2)c1. The van der Waals surface area contributed by atoms with Gasteiger partial charge in [0.25, 0.3) is 0 Å². The average molecular weight is 362 g/mol. The molecule has 0 aliphatic carbocycles. The molecule has 0 spiro atoms. The van der Waals surface area contributed by atoms with E-state index in [4.69, 9.17) is 9.47 Å². The molecule has 4 rings (SSSR count). The van der Waals surface area contributed by atoms with Crippen LogP contribution >= 0.6 is 0 Å². The third-order valence-electron chi connectivity index (χ3n) is 4.72. The Hall–Kier alpha value is -3.21. The van der Waals surface area contributed by atoms with Crippen molar-refractivity contribution in [3.63, 3.8) is 0 Å². The van der Waals surface area contributed by atoms with Gasteiger partial charge in [0.1, 0.15) is 0 Å². The third-order valence-corrected chi connectivity index (χ3v) is 4.72. The van der Waals surface area contributed by atoms with Gasteiger partial charge in [0, 0.05) is 18.9 Å². The Balaban J connectivity index is 1.44. The van der Waals surface area contributed by atoms with Gasteiger partial charge in [-0.1, -0.05) is 35.9 Å². The monoisotopic (exact) mass is 362 g/mol. The van der Waals surface area contributed by atoms with Gasteiger partial charge in [-0.2, -0.15) is 0 Å². The Morgan fingerprint density at radius 3 is 2.70 bits per heavy atom. The summed E-state index contributed by atoms with van der Waals surface area (Å²) in [4.78, 5) is 12.6. The van der Waals surface area contributed by atoms with Crippen LogP contribution in [-0.2, 0) is 11.3 Å². The van der Waals surface area contributed by atoms with Gasteiger partial charge in [0.15, 0.2) is 11.5 Å². The van der Waals surface area contributed by atoms with Crippen LogP contribution in [0, 0.1) is 6.92 Å². The first-order valence-electron chi connectivity index (χ1n) is 9.03. The van der Waals surface area contributed by atoms with Crippen LogP contribution < -0.4 is 14.8 Å². The number of fused-ring (bicyclic) bond motifs is 1. The molecular weight excluding hydrogens is 340 g/mol. The fourth-order valence-corrected chi connectivity index (χ4v) is 3.33. The standard InChI is InChI=1S/C22H22N2O3/c1-16-5-4-6-18(11-16)19(24-9-2-3-10-24)13-22(25)23-14-17-7-8-20-21(12-17)27-15-26-20/h2-12,19H,13-15H2,1H3,(H,23,25). The van der Waals surface area contributed by atoms with Crippen molar-refractivity contribution in [2.45, 2.75) is 25.9 Å². The predicted octanol–water partition coefficient (Wildman–Crippen LogP) is 3.82. The van der Waals surface area contributed by atoms with Gasteiger partial charge >= 0.3 is 0 Å². The molecule has 0 saturated carbocycles. The number of aromatic nitrogens is 1. The molecule has 0 fully saturated rings. The number of benzene rings is 2. The number of ether oxygens (including phenoxy) is 2. The van der Waals surface area contributed by atoms with Crippen molar-refractivity contribution in [2.24, 2.45) is 0 Å². The second-order valence-corrected chi connectivity index (χ2v) is 6.73. The van der Waals surface area contributed by atoms with E-state index in [0.29, 0.717) is 13.0 Å². The molecule has 2 aromatic carbocycles. The Labute approximate surface area is 158 Å². The summed E-state index contributed by atoms with van der Waals surface area (Å²) in [6.45, 7) is 2.78. The summed E-state index contributed by atoms with van der Waals surface area (Å²) >= 11 is 0. The molecule has 1 aliphatic heterocycles. The van der Waals surface area contributed by atoms with E-state index in [1.807, 2.05) is 48.8 Å². The largest absolute Gasteiger partial charge is 0.454 e. The third kappa shape index (κ3) is 3.97. The van der Waals surface area contributed by atoms with Crippen LogP contribution in [0.5, 0.6) is 11.5 Å². The highest BCUT2D eigenvalue weighted by molar-refractivity contribution is 5.77. The van der Waals surface area contributed by atoms with Crippen molar-refractivity contribution in [3.8, 4) is 11.5 Å². The van der Waals surface area contributed by atoms with E-state index in [-0.39, 0.29) is 18.7 Å². The number of amides is 1. The molecule has 0 radical (unpaired) electrons. The van der Waals surface area contributed by atoms with Gasteiger partial charge in [-0.25, -0.2) is 0 Å². The van der Waals surface area contributed by atoms with Crippen molar-refractivity contribution in [3.05, 3.63) is 83.7 Å².